The van der Waals surface area contributed by atoms with E-state index in [1.807, 2.05) is 0 Å². The number of carbonyl (C=O) groups is 2. The third-order valence-electron chi connectivity index (χ3n) is 2.99. The lowest BCUT2D eigenvalue weighted by Gasteiger charge is -2.20. The van der Waals surface area contributed by atoms with Crippen LogP contribution in [0.5, 0.6) is 0 Å². The number of nitrogen functional groups attached to an aromatic ring is 1. The third kappa shape index (κ3) is 3.40. The smallest absolute Gasteiger partial charge is 0.340 e. The van der Waals surface area contributed by atoms with Crippen LogP contribution in [0.1, 0.15) is 22.8 Å². The molecule has 0 aliphatic rings. The van der Waals surface area contributed by atoms with Crippen LogP contribution in [0.3, 0.4) is 0 Å². The second-order valence-corrected chi connectivity index (χ2v) is 4.84. The highest BCUT2D eigenvalue weighted by molar-refractivity contribution is 5.97. The Morgan fingerprint density at radius 2 is 1.95 bits per heavy atom. The number of methoxy groups -OCH3 is 1. The lowest BCUT2D eigenvalue weighted by Crippen LogP contribution is -2.36. The van der Waals surface area contributed by atoms with Gasteiger partial charge >= 0.3 is 5.97 Å². The van der Waals surface area contributed by atoms with Gasteiger partial charge in [0.15, 0.2) is 0 Å². The zero-order valence-corrected chi connectivity index (χ0v) is 12.5. The minimum atomic E-state index is -0.499. The van der Waals surface area contributed by atoms with Crippen LogP contribution in [-0.2, 0) is 9.53 Å². The summed E-state index contributed by atoms with van der Waals surface area (Å²) in [5, 5.41) is 3.06. The van der Waals surface area contributed by atoms with Crippen LogP contribution in [0.4, 0.5) is 11.4 Å². The Bertz CT molecular complexity index is 527. The van der Waals surface area contributed by atoms with E-state index in [1.54, 1.807) is 40.1 Å². The minimum absolute atomic E-state index is 0.0564. The standard InChI is InChI=1S/C14H21N3O3/c1-8-6-10(16-9(2)13(18)17(3)4)7-11(12(8)15)14(19)20-5/h6-7,9,16H,15H2,1-5H3. The quantitative estimate of drug-likeness (QED) is 0.640. The number of rotatable bonds is 4. The van der Waals surface area contributed by atoms with Gasteiger partial charge in [-0.3, -0.25) is 4.79 Å². The van der Waals surface area contributed by atoms with Crippen LogP contribution in [0, 0.1) is 6.92 Å². The summed E-state index contributed by atoms with van der Waals surface area (Å²) in [7, 11) is 4.68. The Labute approximate surface area is 118 Å². The molecule has 0 spiro atoms. The highest BCUT2D eigenvalue weighted by atomic mass is 16.5. The fraction of sp³-hybridized carbons (Fsp3) is 0.429. The number of nitrogens with two attached hydrogens (primary N) is 1. The maximum absolute atomic E-state index is 11.8. The second kappa shape index (κ2) is 6.27. The molecule has 1 rings (SSSR count). The van der Waals surface area contributed by atoms with E-state index in [-0.39, 0.29) is 5.91 Å². The molecule has 0 fully saturated rings. The lowest BCUT2D eigenvalue weighted by atomic mass is 10.1. The Morgan fingerprint density at radius 1 is 1.35 bits per heavy atom. The molecule has 20 heavy (non-hydrogen) atoms. The van der Waals surface area contributed by atoms with Crippen LogP contribution in [-0.4, -0.2) is 44.0 Å². The fourth-order valence-corrected chi connectivity index (χ4v) is 1.86. The molecule has 110 valence electrons. The number of ether oxygens (including phenoxy) is 1. The summed E-state index contributed by atoms with van der Waals surface area (Å²) in [6.45, 7) is 3.55. The van der Waals surface area contributed by atoms with Gasteiger partial charge in [0.2, 0.25) is 5.91 Å². The molecule has 0 aliphatic heterocycles. The van der Waals surface area contributed by atoms with E-state index in [0.717, 1.165) is 5.56 Å². The number of aryl methyl sites for hydroxylation is 1. The van der Waals surface area contributed by atoms with Gasteiger partial charge in [0.05, 0.1) is 12.7 Å². The number of hydrogen-bond acceptors (Lipinski definition) is 5. The zero-order valence-electron chi connectivity index (χ0n) is 12.5. The second-order valence-electron chi connectivity index (χ2n) is 4.84. The molecule has 0 aliphatic carbocycles. The Hall–Kier alpha value is -2.24. The fourth-order valence-electron chi connectivity index (χ4n) is 1.86. The van der Waals surface area contributed by atoms with E-state index < -0.39 is 12.0 Å². The molecule has 6 heteroatoms. The van der Waals surface area contributed by atoms with Crippen LogP contribution in [0.15, 0.2) is 12.1 Å². The van der Waals surface area contributed by atoms with Crippen LogP contribution in [0.2, 0.25) is 0 Å². The number of carbonyl (C=O) groups excluding carboxylic acids is 2. The summed E-state index contributed by atoms with van der Waals surface area (Å²) in [6.07, 6.45) is 0. The first-order chi connectivity index (χ1) is 9.27. The molecular formula is C14H21N3O3. The van der Waals surface area contributed by atoms with Crippen molar-refractivity contribution in [1.29, 1.82) is 0 Å². The van der Waals surface area contributed by atoms with Crippen LogP contribution < -0.4 is 11.1 Å². The maximum Gasteiger partial charge on any atom is 0.340 e. The van der Waals surface area contributed by atoms with E-state index in [9.17, 15) is 9.59 Å². The van der Waals surface area contributed by atoms with Gasteiger partial charge in [-0.05, 0) is 31.5 Å². The van der Waals surface area contributed by atoms with Gasteiger partial charge in [-0.25, -0.2) is 4.79 Å². The van der Waals surface area contributed by atoms with Gasteiger partial charge in [0.25, 0.3) is 0 Å². The molecule has 0 saturated carbocycles. The molecule has 6 nitrogen and oxygen atoms in total. The molecule has 3 N–H and O–H groups in total. The lowest BCUT2D eigenvalue weighted by molar-refractivity contribution is -0.129. The molecule has 0 aromatic heterocycles. The van der Waals surface area contributed by atoms with Crippen molar-refractivity contribution < 1.29 is 14.3 Å². The van der Waals surface area contributed by atoms with Gasteiger partial charge in [-0.15, -0.1) is 0 Å². The number of hydrogen-bond donors (Lipinski definition) is 2. The van der Waals surface area contributed by atoms with Crippen molar-refractivity contribution in [3.05, 3.63) is 23.3 Å². The molecule has 1 aromatic carbocycles. The number of nitrogens with zero attached hydrogens (tertiary/aromatic N) is 1. The number of amides is 1. The molecule has 0 radical (unpaired) electrons. The van der Waals surface area contributed by atoms with Gasteiger partial charge < -0.3 is 20.7 Å². The first-order valence-electron chi connectivity index (χ1n) is 6.24. The largest absolute Gasteiger partial charge is 0.465 e. The molecule has 0 saturated heterocycles. The number of nitrogens with one attached hydrogen (secondary N) is 1. The molecular weight excluding hydrogens is 258 g/mol. The maximum atomic E-state index is 11.8. The molecule has 1 unspecified atom stereocenters. The van der Waals surface area contributed by atoms with Gasteiger partial charge in [-0.2, -0.15) is 0 Å². The number of anilines is 2. The Balaban J connectivity index is 3.06. The number of benzene rings is 1. The van der Waals surface area contributed by atoms with E-state index in [4.69, 9.17) is 10.5 Å². The van der Waals surface area contributed by atoms with Crippen LogP contribution >= 0.6 is 0 Å². The highest BCUT2D eigenvalue weighted by Crippen LogP contribution is 2.24. The third-order valence-corrected chi connectivity index (χ3v) is 2.99. The summed E-state index contributed by atoms with van der Waals surface area (Å²) in [6, 6.07) is 2.98. The summed E-state index contributed by atoms with van der Waals surface area (Å²) >= 11 is 0. The average molecular weight is 279 g/mol. The van der Waals surface area contributed by atoms with Crippen molar-refractivity contribution in [2.75, 3.05) is 32.3 Å². The molecule has 1 atom stereocenters. The van der Waals surface area contributed by atoms with Crippen molar-refractivity contribution in [2.45, 2.75) is 19.9 Å². The van der Waals surface area contributed by atoms with Gasteiger partial charge in [0.1, 0.15) is 6.04 Å². The predicted molar refractivity (Wildman–Crippen MR) is 78.7 cm³/mol. The topological polar surface area (TPSA) is 84.7 Å². The first kappa shape index (κ1) is 15.8. The summed E-state index contributed by atoms with van der Waals surface area (Å²) < 4.78 is 4.70. The highest BCUT2D eigenvalue weighted by Gasteiger charge is 2.17. The van der Waals surface area contributed by atoms with Crippen molar-refractivity contribution in [3.8, 4) is 0 Å². The molecule has 1 aromatic rings. The summed E-state index contributed by atoms with van der Waals surface area (Å²) in [4.78, 5) is 25.0. The van der Waals surface area contributed by atoms with E-state index in [0.29, 0.717) is 16.9 Å². The molecule has 1 amide bonds. The SMILES string of the molecule is COC(=O)c1cc(NC(C)C(=O)N(C)C)cc(C)c1N. The van der Waals surface area contributed by atoms with Crippen LogP contribution in [0.25, 0.3) is 0 Å². The average Bonchev–Trinajstić information content (AvgIpc) is 2.40. The number of esters is 1. The minimum Gasteiger partial charge on any atom is -0.465 e. The number of likely N-dealkylation sites (N-methyl/N-ethyl adjacent to an activating group) is 1. The van der Waals surface area contributed by atoms with E-state index >= 15 is 0 Å². The van der Waals surface area contributed by atoms with E-state index in [1.165, 1.54) is 12.0 Å². The normalized spacial score (nSPS) is 11.7. The monoisotopic (exact) mass is 279 g/mol. The zero-order chi connectivity index (χ0) is 15.4. The Kier molecular flexibility index (Phi) is 4.96. The van der Waals surface area contributed by atoms with Crippen molar-refractivity contribution in [2.24, 2.45) is 0 Å². The first-order valence-corrected chi connectivity index (χ1v) is 6.24. The summed E-state index contributed by atoms with van der Waals surface area (Å²) in [5.74, 6) is -0.556. The van der Waals surface area contributed by atoms with E-state index in [2.05, 4.69) is 5.32 Å². The van der Waals surface area contributed by atoms with Gasteiger partial charge in [-0.1, -0.05) is 0 Å². The van der Waals surface area contributed by atoms with Crippen molar-refractivity contribution in [1.82, 2.24) is 4.90 Å². The summed E-state index contributed by atoms with van der Waals surface area (Å²) in [5.41, 5.74) is 7.94. The Morgan fingerprint density at radius 3 is 2.45 bits per heavy atom. The van der Waals surface area contributed by atoms with Crippen molar-refractivity contribution in [3.63, 3.8) is 0 Å². The molecule has 0 heterocycles. The van der Waals surface area contributed by atoms with Crippen molar-refractivity contribution >= 4 is 23.3 Å². The predicted octanol–water partition coefficient (Wildman–Crippen LogP) is 1.25. The molecule has 0 bridgehead atoms. The van der Waals surface area contributed by atoms with Gasteiger partial charge in [0, 0.05) is 25.5 Å².